The average Bonchev–Trinajstić information content (AvgIpc) is 2.72. The fourth-order valence-electron chi connectivity index (χ4n) is 8.13. The first-order valence-electron chi connectivity index (χ1n) is 13.2. The van der Waals surface area contributed by atoms with Gasteiger partial charge in [0.1, 0.15) is 0 Å². The molecule has 4 rings (SSSR count). The molecular formula is C30H47N2OP. The molecule has 0 aliphatic carbocycles. The van der Waals surface area contributed by atoms with Crippen LogP contribution in [-0.4, -0.2) is 36.4 Å². The molecule has 2 aromatic rings. The van der Waals surface area contributed by atoms with Crippen molar-refractivity contribution in [3.8, 4) is 0 Å². The molecule has 188 valence electrons. The van der Waals surface area contributed by atoms with Crippen LogP contribution in [0.4, 0.5) is 0 Å². The summed E-state index contributed by atoms with van der Waals surface area (Å²) in [5.41, 5.74) is -0.708. The van der Waals surface area contributed by atoms with Gasteiger partial charge in [0.25, 0.3) is 0 Å². The van der Waals surface area contributed by atoms with Gasteiger partial charge >= 0.3 is 209 Å². The summed E-state index contributed by atoms with van der Waals surface area (Å²) in [5.74, 6) is 0. The van der Waals surface area contributed by atoms with Crippen LogP contribution in [0.25, 0.3) is 0 Å². The minimum absolute atomic E-state index is 0.177. The zero-order valence-electron chi connectivity index (χ0n) is 22.8. The van der Waals surface area contributed by atoms with Gasteiger partial charge in [0.15, 0.2) is 0 Å². The van der Waals surface area contributed by atoms with Crippen LogP contribution in [0.1, 0.15) is 93.9 Å². The first kappa shape index (κ1) is 25.8. The zero-order valence-corrected chi connectivity index (χ0v) is 23.7. The number of benzene rings is 2. The third-order valence-corrected chi connectivity index (χ3v) is 14.8. The summed E-state index contributed by atoms with van der Waals surface area (Å²) in [4.78, 5) is 14.5. The number of piperidine rings is 2. The van der Waals surface area contributed by atoms with E-state index in [1.807, 2.05) is 0 Å². The predicted octanol–water partition coefficient (Wildman–Crippen LogP) is 7.01. The van der Waals surface area contributed by atoms with Crippen LogP contribution < -0.4 is 10.6 Å². The van der Waals surface area contributed by atoms with Crippen molar-refractivity contribution in [2.75, 3.05) is 0 Å². The second kappa shape index (κ2) is 8.13. The molecule has 0 saturated carbocycles. The topological polar surface area (TPSA) is 26.7 Å². The second-order valence-corrected chi connectivity index (χ2v) is 17.0. The van der Waals surface area contributed by atoms with E-state index in [4.69, 9.17) is 0 Å². The van der Waals surface area contributed by atoms with E-state index in [2.05, 4.69) is 125 Å². The van der Waals surface area contributed by atoms with E-state index in [0.717, 1.165) is 36.3 Å². The molecule has 2 aliphatic rings. The molecule has 3 nitrogen and oxygen atoms in total. The molecule has 2 fully saturated rings. The van der Waals surface area contributed by atoms with Crippen molar-refractivity contribution < 1.29 is 4.89 Å². The molecule has 0 aromatic heterocycles. The molecule has 4 heteroatoms. The summed E-state index contributed by atoms with van der Waals surface area (Å²) in [6, 6.07) is 21.4. The fourth-order valence-corrected chi connectivity index (χ4v) is 15.5. The number of hydrogen-bond donors (Lipinski definition) is 1. The van der Waals surface area contributed by atoms with Gasteiger partial charge in [0.2, 0.25) is 0 Å². The molecule has 0 amide bonds. The van der Waals surface area contributed by atoms with Gasteiger partial charge in [-0.2, -0.15) is 0 Å². The van der Waals surface area contributed by atoms with E-state index in [9.17, 15) is 4.89 Å². The number of hydrogen-bond acceptors (Lipinski definition) is 3. The molecule has 0 atom stereocenters. The molecule has 2 aromatic carbocycles. The van der Waals surface area contributed by atoms with Gasteiger partial charge in [-0.25, -0.2) is 0 Å². The van der Waals surface area contributed by atoms with Crippen molar-refractivity contribution in [2.24, 2.45) is 0 Å². The summed E-state index contributed by atoms with van der Waals surface area (Å²) in [6.45, 7) is 18.9. The molecule has 0 unspecified atom stereocenters. The van der Waals surface area contributed by atoms with Gasteiger partial charge in [-0.05, 0) is 0 Å². The predicted molar refractivity (Wildman–Crippen MR) is 149 cm³/mol. The van der Waals surface area contributed by atoms with Crippen molar-refractivity contribution in [1.29, 1.82) is 0 Å². The van der Waals surface area contributed by atoms with Gasteiger partial charge in [0, 0.05) is 0 Å². The van der Waals surface area contributed by atoms with E-state index in [1.165, 1.54) is 12.8 Å². The zero-order chi connectivity index (χ0) is 25.1. The SMILES string of the molecule is CC1(C)CCCC(C)(C)N1P(O)(c1ccccc1)(c1ccccc1)N1C(C)(C)CCCC1(C)C. The molecule has 0 spiro atoms. The third-order valence-electron chi connectivity index (χ3n) is 8.67. The van der Waals surface area contributed by atoms with Gasteiger partial charge in [0.05, 0.1) is 0 Å². The molecule has 2 saturated heterocycles. The third kappa shape index (κ3) is 3.62. The maximum atomic E-state index is 14.5. The normalized spacial score (nSPS) is 25.9. The van der Waals surface area contributed by atoms with Crippen LogP contribution in [0.3, 0.4) is 0 Å². The fraction of sp³-hybridized carbons (Fsp3) is 0.600. The average molecular weight is 483 g/mol. The van der Waals surface area contributed by atoms with Crippen LogP contribution in [0, 0.1) is 0 Å². The van der Waals surface area contributed by atoms with Crippen molar-refractivity contribution in [3.63, 3.8) is 0 Å². The van der Waals surface area contributed by atoms with Crippen LogP contribution in [0.5, 0.6) is 0 Å². The number of nitrogens with zero attached hydrogens (tertiary/aromatic N) is 2. The molecule has 2 aliphatic heterocycles. The Hall–Kier alpha value is -1.25. The van der Waals surface area contributed by atoms with Crippen molar-refractivity contribution in [3.05, 3.63) is 60.7 Å². The Morgan fingerprint density at radius 2 is 0.794 bits per heavy atom. The minimum atomic E-state index is -4.16. The molecule has 34 heavy (non-hydrogen) atoms. The Balaban J connectivity index is 2.27. The van der Waals surface area contributed by atoms with Crippen molar-refractivity contribution in [2.45, 2.75) is 116 Å². The molecule has 0 bridgehead atoms. The monoisotopic (exact) mass is 482 g/mol. The maximum absolute atomic E-state index is 14.5. The van der Waals surface area contributed by atoms with Crippen LogP contribution in [0.2, 0.25) is 0 Å². The molecule has 0 radical (unpaired) electrons. The van der Waals surface area contributed by atoms with E-state index in [1.54, 1.807) is 0 Å². The Labute approximate surface area is 208 Å². The summed E-state index contributed by atoms with van der Waals surface area (Å²) in [7, 11) is -4.16. The number of rotatable bonds is 4. The molecule has 2 heterocycles. The first-order chi connectivity index (χ1) is 15.7. The van der Waals surface area contributed by atoms with E-state index < -0.39 is 7.13 Å². The van der Waals surface area contributed by atoms with E-state index in [-0.39, 0.29) is 22.2 Å². The van der Waals surface area contributed by atoms with Gasteiger partial charge in [-0.3, -0.25) is 0 Å². The van der Waals surface area contributed by atoms with Gasteiger partial charge < -0.3 is 0 Å². The van der Waals surface area contributed by atoms with E-state index >= 15 is 0 Å². The Bertz CT molecular complexity index is 899. The molecule has 1 N–H and O–H groups in total. The first-order valence-corrected chi connectivity index (χ1v) is 15.3. The van der Waals surface area contributed by atoms with Crippen LogP contribution >= 0.6 is 7.13 Å². The summed E-state index contributed by atoms with van der Waals surface area (Å²) >= 11 is 0. The summed E-state index contributed by atoms with van der Waals surface area (Å²) in [6.07, 6.45) is 6.65. The van der Waals surface area contributed by atoms with Crippen molar-refractivity contribution >= 4 is 17.7 Å². The summed E-state index contributed by atoms with van der Waals surface area (Å²) in [5, 5.41) is 2.12. The van der Waals surface area contributed by atoms with Crippen molar-refractivity contribution in [1.82, 2.24) is 9.34 Å². The van der Waals surface area contributed by atoms with E-state index in [0.29, 0.717) is 0 Å². The Morgan fingerprint density at radius 3 is 1.06 bits per heavy atom. The summed E-state index contributed by atoms with van der Waals surface area (Å²) < 4.78 is 5.27. The van der Waals surface area contributed by atoms with Crippen LogP contribution in [-0.2, 0) is 0 Å². The quantitative estimate of drug-likeness (QED) is 0.475. The Kier molecular flexibility index (Phi) is 6.18. The van der Waals surface area contributed by atoms with Gasteiger partial charge in [-0.15, -0.1) is 0 Å². The Morgan fingerprint density at radius 1 is 0.529 bits per heavy atom. The van der Waals surface area contributed by atoms with Crippen LogP contribution in [0.15, 0.2) is 60.7 Å². The molecular weight excluding hydrogens is 435 g/mol. The van der Waals surface area contributed by atoms with Gasteiger partial charge in [-0.1, -0.05) is 0 Å². The second-order valence-electron chi connectivity index (χ2n) is 13.2. The standard InChI is InChI=1S/C30H47N2OP/c1-27(2)21-15-22-28(3,4)31(27)34(33,25-17-11-9-12-18-25,26-19-13-10-14-20-26)32-29(5,6)23-16-24-30(32,7)8/h9-14,17-20,33H,15-16,21-24H2,1-8H3.